The van der Waals surface area contributed by atoms with E-state index in [2.05, 4.69) is 16.9 Å². The van der Waals surface area contributed by atoms with Gasteiger partial charge >= 0.3 is 0 Å². The van der Waals surface area contributed by atoms with Crippen molar-refractivity contribution in [2.24, 2.45) is 0 Å². The van der Waals surface area contributed by atoms with Crippen molar-refractivity contribution < 1.29 is 0 Å². The summed E-state index contributed by atoms with van der Waals surface area (Å²) in [5, 5.41) is 1.39. The van der Waals surface area contributed by atoms with Crippen LogP contribution in [0.2, 0.25) is 5.02 Å². The summed E-state index contributed by atoms with van der Waals surface area (Å²) in [6.45, 7) is 2.14. The van der Waals surface area contributed by atoms with Crippen LogP contribution in [0.1, 0.15) is 24.6 Å². The molecule has 0 saturated carbocycles. The van der Waals surface area contributed by atoms with Crippen molar-refractivity contribution in [3.8, 4) is 0 Å². The number of hydrogen-bond donors (Lipinski definition) is 1. The first-order chi connectivity index (χ1) is 10.2. The van der Waals surface area contributed by atoms with Gasteiger partial charge in [0.15, 0.2) is 5.16 Å². The van der Waals surface area contributed by atoms with E-state index in [1.54, 1.807) is 17.8 Å². The van der Waals surface area contributed by atoms with E-state index in [9.17, 15) is 4.79 Å². The lowest BCUT2D eigenvalue weighted by atomic mass is 10.2. The molecule has 0 fully saturated rings. The summed E-state index contributed by atoms with van der Waals surface area (Å²) in [5.74, 6) is 2.54. The second kappa shape index (κ2) is 8.51. The summed E-state index contributed by atoms with van der Waals surface area (Å²) in [7, 11) is 0. The molecule has 0 unspecified atom stereocenters. The smallest absolute Gasteiger partial charge is 0.251 e. The molecule has 1 aromatic carbocycles. The highest BCUT2D eigenvalue weighted by molar-refractivity contribution is 7.98. The Bertz CT molecular complexity index is 646. The molecule has 0 aliphatic rings. The predicted molar refractivity (Wildman–Crippen MR) is 92.3 cm³/mol. The molecule has 0 spiro atoms. The molecule has 112 valence electrons. The van der Waals surface area contributed by atoms with Gasteiger partial charge in [-0.15, -0.1) is 0 Å². The lowest BCUT2D eigenvalue weighted by Crippen LogP contribution is -2.09. The Morgan fingerprint density at radius 1 is 1.29 bits per heavy atom. The normalized spacial score (nSPS) is 10.8. The zero-order chi connectivity index (χ0) is 15.1. The number of H-pyrrole nitrogens is 1. The molecule has 0 amide bonds. The Morgan fingerprint density at radius 2 is 2.10 bits per heavy atom. The average molecular weight is 341 g/mol. The fraction of sp³-hybridized carbons (Fsp3) is 0.333. The van der Waals surface area contributed by atoms with E-state index in [4.69, 9.17) is 11.6 Å². The third-order valence-electron chi connectivity index (χ3n) is 2.69. The Balaban J connectivity index is 2.03. The van der Waals surface area contributed by atoms with Crippen molar-refractivity contribution in [3.05, 3.63) is 57.0 Å². The van der Waals surface area contributed by atoms with E-state index in [0.717, 1.165) is 34.2 Å². The van der Waals surface area contributed by atoms with Crippen LogP contribution in [0.3, 0.4) is 0 Å². The fourth-order valence-electron chi connectivity index (χ4n) is 1.71. The van der Waals surface area contributed by atoms with Crippen LogP contribution in [0.5, 0.6) is 0 Å². The third kappa shape index (κ3) is 5.41. The van der Waals surface area contributed by atoms with Crippen molar-refractivity contribution in [2.45, 2.75) is 30.0 Å². The standard InChI is InChI=1S/C15H17ClN2OS2/c1-2-7-20-10-12-8-14(19)18-15(17-12)21-9-11-5-3-4-6-13(11)16/h3-6,8H,2,7,9-10H2,1H3,(H,17,18,19). The van der Waals surface area contributed by atoms with Crippen molar-refractivity contribution in [3.63, 3.8) is 0 Å². The van der Waals surface area contributed by atoms with Crippen molar-refractivity contribution >= 4 is 35.1 Å². The number of nitrogens with one attached hydrogen (secondary N) is 1. The van der Waals surface area contributed by atoms with Crippen LogP contribution in [0.25, 0.3) is 0 Å². The number of rotatable bonds is 7. The molecule has 3 nitrogen and oxygen atoms in total. The lowest BCUT2D eigenvalue weighted by molar-refractivity contribution is 0.899. The molecular formula is C15H17ClN2OS2. The van der Waals surface area contributed by atoms with Crippen LogP contribution in [-0.4, -0.2) is 15.7 Å². The van der Waals surface area contributed by atoms with Gasteiger partial charge in [-0.05, 0) is 23.8 Å². The summed E-state index contributed by atoms with van der Waals surface area (Å²) < 4.78 is 0. The molecule has 6 heteroatoms. The molecule has 1 heterocycles. The monoisotopic (exact) mass is 340 g/mol. The summed E-state index contributed by atoms with van der Waals surface area (Å²) in [4.78, 5) is 18.9. The molecule has 0 aliphatic heterocycles. The zero-order valence-corrected chi connectivity index (χ0v) is 14.2. The van der Waals surface area contributed by atoms with E-state index in [-0.39, 0.29) is 5.56 Å². The van der Waals surface area contributed by atoms with Gasteiger partial charge in [-0.3, -0.25) is 4.79 Å². The van der Waals surface area contributed by atoms with Crippen LogP contribution < -0.4 is 5.56 Å². The first kappa shape index (κ1) is 16.5. The third-order valence-corrected chi connectivity index (χ3v) is 5.18. The SMILES string of the molecule is CCCSCc1cc(=O)[nH]c(SCc2ccccc2Cl)n1. The lowest BCUT2D eigenvalue weighted by Gasteiger charge is -2.05. The van der Waals surface area contributed by atoms with Crippen LogP contribution in [0.4, 0.5) is 0 Å². The highest BCUT2D eigenvalue weighted by Crippen LogP contribution is 2.24. The summed E-state index contributed by atoms with van der Waals surface area (Å²) in [5.41, 5.74) is 1.77. The highest BCUT2D eigenvalue weighted by atomic mass is 35.5. The first-order valence-electron chi connectivity index (χ1n) is 6.73. The molecule has 2 rings (SSSR count). The van der Waals surface area contributed by atoms with Crippen LogP contribution in [0, 0.1) is 0 Å². The van der Waals surface area contributed by atoms with Gasteiger partial charge in [0.05, 0.1) is 5.69 Å². The molecule has 21 heavy (non-hydrogen) atoms. The van der Waals surface area contributed by atoms with Gasteiger partial charge in [-0.2, -0.15) is 11.8 Å². The molecule has 1 aromatic heterocycles. The molecule has 2 aromatic rings. The molecular weight excluding hydrogens is 324 g/mol. The maximum atomic E-state index is 11.7. The average Bonchev–Trinajstić information content (AvgIpc) is 2.46. The number of benzene rings is 1. The number of thioether (sulfide) groups is 2. The van der Waals surface area contributed by atoms with E-state index < -0.39 is 0 Å². The summed E-state index contributed by atoms with van der Waals surface area (Å²) >= 11 is 9.42. The minimum atomic E-state index is -0.0984. The first-order valence-corrected chi connectivity index (χ1v) is 9.25. The van der Waals surface area contributed by atoms with Gasteiger partial charge in [0.1, 0.15) is 0 Å². The van der Waals surface area contributed by atoms with E-state index in [1.807, 2.05) is 24.3 Å². The largest absolute Gasteiger partial charge is 0.301 e. The maximum absolute atomic E-state index is 11.7. The number of aromatic amines is 1. The maximum Gasteiger partial charge on any atom is 0.251 e. The second-order valence-electron chi connectivity index (χ2n) is 4.47. The second-order valence-corrected chi connectivity index (χ2v) is 6.95. The zero-order valence-electron chi connectivity index (χ0n) is 11.8. The van der Waals surface area contributed by atoms with Gasteiger partial charge in [-0.25, -0.2) is 4.98 Å². The van der Waals surface area contributed by atoms with E-state index in [0.29, 0.717) is 10.9 Å². The highest BCUT2D eigenvalue weighted by Gasteiger charge is 2.05. The Hall–Kier alpha value is -0.910. The van der Waals surface area contributed by atoms with E-state index in [1.165, 1.54) is 11.8 Å². The number of nitrogens with zero attached hydrogens (tertiary/aromatic N) is 1. The van der Waals surface area contributed by atoms with Crippen molar-refractivity contribution in [2.75, 3.05) is 5.75 Å². The summed E-state index contributed by atoms with van der Waals surface area (Å²) in [6, 6.07) is 9.28. The number of hydrogen-bond acceptors (Lipinski definition) is 4. The minimum Gasteiger partial charge on any atom is -0.301 e. The van der Waals surface area contributed by atoms with Crippen molar-refractivity contribution in [1.82, 2.24) is 9.97 Å². The predicted octanol–water partition coefficient (Wildman–Crippen LogP) is 4.36. The van der Waals surface area contributed by atoms with Crippen LogP contribution in [0.15, 0.2) is 40.3 Å². The molecule has 1 N–H and O–H groups in total. The minimum absolute atomic E-state index is 0.0984. The number of halogens is 1. The Labute approximate surface area is 137 Å². The molecule has 0 bridgehead atoms. The van der Waals surface area contributed by atoms with Gasteiger partial charge in [0.25, 0.3) is 5.56 Å². The summed E-state index contributed by atoms with van der Waals surface area (Å²) in [6.07, 6.45) is 1.13. The van der Waals surface area contributed by atoms with Crippen LogP contribution in [-0.2, 0) is 11.5 Å². The molecule has 0 saturated heterocycles. The van der Waals surface area contributed by atoms with Gasteiger partial charge in [0, 0.05) is 22.6 Å². The topological polar surface area (TPSA) is 45.8 Å². The quantitative estimate of drug-likeness (QED) is 0.462. The van der Waals surface area contributed by atoms with Gasteiger partial charge in [0.2, 0.25) is 0 Å². The molecule has 0 atom stereocenters. The Kier molecular flexibility index (Phi) is 6.67. The van der Waals surface area contributed by atoms with Crippen LogP contribution >= 0.6 is 35.1 Å². The van der Waals surface area contributed by atoms with Gasteiger partial charge in [-0.1, -0.05) is 48.5 Å². The molecule has 0 aliphatic carbocycles. The van der Waals surface area contributed by atoms with Crippen molar-refractivity contribution in [1.29, 1.82) is 0 Å². The fourth-order valence-corrected chi connectivity index (χ4v) is 3.68. The number of aromatic nitrogens is 2. The Morgan fingerprint density at radius 3 is 2.86 bits per heavy atom. The van der Waals surface area contributed by atoms with Gasteiger partial charge < -0.3 is 4.98 Å². The van der Waals surface area contributed by atoms with E-state index >= 15 is 0 Å². The molecule has 0 radical (unpaired) electrons.